The van der Waals surface area contributed by atoms with Gasteiger partial charge in [0.15, 0.2) is 0 Å². The molecule has 0 heterocycles. The fraction of sp³-hybridized carbons (Fsp3) is 0.222. The molecule has 6 heteroatoms. The summed E-state index contributed by atoms with van der Waals surface area (Å²) in [6.45, 7) is 3.33. The Balaban J connectivity index is 2.06. The number of esters is 1. The molecule has 2 rings (SSSR count). The Kier molecular flexibility index (Phi) is 6.33. The lowest BCUT2D eigenvalue weighted by Gasteiger charge is -2.09. The molecule has 0 spiro atoms. The summed E-state index contributed by atoms with van der Waals surface area (Å²) in [6.07, 6.45) is 0. The fourth-order valence-corrected chi connectivity index (χ4v) is 1.97. The molecular weight excluding hydrogens is 312 g/mol. The standard InChI is InChI=1S/C18H18O6/c1-2-22-10-11-23-14-7-5-6-13(12-14)18(21)24-16-9-4-3-8-15(16)17(19)20/h3-9,12H,2,10-11H2,1H3,(H,19,20). The third-order valence-corrected chi connectivity index (χ3v) is 3.09. The van der Waals surface area contributed by atoms with E-state index < -0.39 is 11.9 Å². The smallest absolute Gasteiger partial charge is 0.343 e. The normalized spacial score (nSPS) is 10.2. The molecule has 0 unspecified atom stereocenters. The van der Waals surface area contributed by atoms with Crippen molar-refractivity contribution < 1.29 is 28.9 Å². The molecule has 6 nitrogen and oxygen atoms in total. The van der Waals surface area contributed by atoms with Crippen LogP contribution in [0.5, 0.6) is 11.5 Å². The Morgan fingerprint density at radius 2 is 1.83 bits per heavy atom. The van der Waals surface area contributed by atoms with Crippen LogP contribution in [0.15, 0.2) is 48.5 Å². The van der Waals surface area contributed by atoms with Gasteiger partial charge in [-0.3, -0.25) is 0 Å². The summed E-state index contributed by atoms with van der Waals surface area (Å²) in [4.78, 5) is 23.4. The molecule has 126 valence electrons. The Hall–Kier alpha value is -2.86. The molecule has 0 radical (unpaired) electrons. The molecule has 0 aromatic heterocycles. The minimum absolute atomic E-state index is 0.00216. The van der Waals surface area contributed by atoms with Crippen LogP contribution in [0, 0.1) is 0 Å². The first-order valence-corrected chi connectivity index (χ1v) is 7.47. The van der Waals surface area contributed by atoms with Gasteiger partial charge in [0.1, 0.15) is 23.7 Å². The number of carboxylic acids is 1. The van der Waals surface area contributed by atoms with Gasteiger partial charge in [-0.15, -0.1) is 0 Å². The van der Waals surface area contributed by atoms with Crippen molar-refractivity contribution in [2.45, 2.75) is 6.92 Å². The van der Waals surface area contributed by atoms with Gasteiger partial charge in [-0.25, -0.2) is 9.59 Å². The molecule has 0 saturated carbocycles. The lowest BCUT2D eigenvalue weighted by atomic mass is 10.2. The number of rotatable bonds is 8. The maximum absolute atomic E-state index is 12.2. The van der Waals surface area contributed by atoms with Crippen LogP contribution < -0.4 is 9.47 Å². The Bertz CT molecular complexity index is 710. The van der Waals surface area contributed by atoms with E-state index in [4.69, 9.17) is 19.3 Å². The van der Waals surface area contributed by atoms with Crippen molar-refractivity contribution in [2.75, 3.05) is 19.8 Å². The maximum atomic E-state index is 12.2. The lowest BCUT2D eigenvalue weighted by molar-refractivity contribution is 0.0681. The molecule has 0 aliphatic rings. The third kappa shape index (κ3) is 4.82. The highest BCUT2D eigenvalue weighted by Crippen LogP contribution is 2.20. The van der Waals surface area contributed by atoms with Gasteiger partial charge in [0.25, 0.3) is 0 Å². The van der Waals surface area contributed by atoms with Gasteiger partial charge in [0.2, 0.25) is 0 Å². The minimum Gasteiger partial charge on any atom is -0.491 e. The van der Waals surface area contributed by atoms with Crippen LogP contribution in [0.1, 0.15) is 27.6 Å². The maximum Gasteiger partial charge on any atom is 0.343 e. The van der Waals surface area contributed by atoms with Crippen molar-refractivity contribution in [1.82, 2.24) is 0 Å². The van der Waals surface area contributed by atoms with Gasteiger partial charge in [-0.2, -0.15) is 0 Å². The average molecular weight is 330 g/mol. The zero-order chi connectivity index (χ0) is 17.4. The third-order valence-electron chi connectivity index (χ3n) is 3.09. The summed E-state index contributed by atoms with van der Waals surface area (Å²) in [7, 11) is 0. The number of benzene rings is 2. The first-order valence-electron chi connectivity index (χ1n) is 7.47. The second-order valence-electron chi connectivity index (χ2n) is 4.76. The van der Waals surface area contributed by atoms with Gasteiger partial charge < -0.3 is 19.3 Å². The average Bonchev–Trinajstić information content (AvgIpc) is 2.59. The lowest BCUT2D eigenvalue weighted by Crippen LogP contribution is -2.12. The highest BCUT2D eigenvalue weighted by molar-refractivity contribution is 5.95. The van der Waals surface area contributed by atoms with Crippen LogP contribution in [0.3, 0.4) is 0 Å². The molecule has 1 N–H and O–H groups in total. The summed E-state index contributed by atoms with van der Waals surface area (Å²) in [5, 5.41) is 9.11. The molecule has 0 bridgehead atoms. The molecule has 0 saturated heterocycles. The first-order chi connectivity index (χ1) is 11.6. The van der Waals surface area contributed by atoms with Crippen molar-refractivity contribution in [2.24, 2.45) is 0 Å². The zero-order valence-electron chi connectivity index (χ0n) is 13.2. The summed E-state index contributed by atoms with van der Waals surface area (Å²) >= 11 is 0. The Morgan fingerprint density at radius 1 is 1.04 bits per heavy atom. The molecule has 0 aliphatic heterocycles. The van der Waals surface area contributed by atoms with Crippen molar-refractivity contribution in [3.8, 4) is 11.5 Å². The van der Waals surface area contributed by atoms with E-state index >= 15 is 0 Å². The van der Waals surface area contributed by atoms with Crippen LogP contribution in [-0.4, -0.2) is 36.9 Å². The molecule has 0 amide bonds. The van der Waals surface area contributed by atoms with Crippen LogP contribution in [0.25, 0.3) is 0 Å². The topological polar surface area (TPSA) is 82.1 Å². The van der Waals surface area contributed by atoms with Crippen molar-refractivity contribution in [1.29, 1.82) is 0 Å². The predicted molar refractivity (Wildman–Crippen MR) is 86.8 cm³/mol. The number of hydrogen-bond acceptors (Lipinski definition) is 5. The van der Waals surface area contributed by atoms with E-state index in [0.717, 1.165) is 0 Å². The van der Waals surface area contributed by atoms with E-state index in [-0.39, 0.29) is 16.9 Å². The highest BCUT2D eigenvalue weighted by atomic mass is 16.5. The monoisotopic (exact) mass is 330 g/mol. The summed E-state index contributed by atoms with van der Waals surface area (Å²) in [5.41, 5.74) is 0.194. The molecule has 2 aromatic carbocycles. The molecule has 0 atom stereocenters. The Labute approximate surface area is 139 Å². The number of carboxylic acid groups (broad SMARTS) is 1. The SMILES string of the molecule is CCOCCOc1cccc(C(=O)Oc2ccccc2C(=O)O)c1. The largest absolute Gasteiger partial charge is 0.491 e. The van der Waals surface area contributed by atoms with Crippen LogP contribution in [0.2, 0.25) is 0 Å². The summed E-state index contributed by atoms with van der Waals surface area (Å²) in [6, 6.07) is 12.5. The van der Waals surface area contributed by atoms with Crippen LogP contribution >= 0.6 is 0 Å². The van der Waals surface area contributed by atoms with E-state index in [1.165, 1.54) is 18.2 Å². The minimum atomic E-state index is -1.16. The fourth-order valence-electron chi connectivity index (χ4n) is 1.97. The van der Waals surface area contributed by atoms with E-state index in [0.29, 0.717) is 25.6 Å². The Morgan fingerprint density at radius 3 is 2.58 bits per heavy atom. The number of carbonyl (C=O) groups excluding carboxylic acids is 1. The number of ether oxygens (including phenoxy) is 3. The van der Waals surface area contributed by atoms with Crippen molar-refractivity contribution in [3.05, 3.63) is 59.7 Å². The van der Waals surface area contributed by atoms with Gasteiger partial charge in [0, 0.05) is 6.61 Å². The number of aromatic carboxylic acids is 1. The molecule has 2 aromatic rings. The van der Waals surface area contributed by atoms with Crippen molar-refractivity contribution in [3.63, 3.8) is 0 Å². The zero-order valence-corrected chi connectivity index (χ0v) is 13.2. The predicted octanol–water partition coefficient (Wildman–Crippen LogP) is 3.02. The second kappa shape index (κ2) is 8.69. The van der Waals surface area contributed by atoms with Gasteiger partial charge in [0.05, 0.1) is 12.2 Å². The first kappa shape index (κ1) is 17.5. The van der Waals surface area contributed by atoms with Gasteiger partial charge in [-0.05, 0) is 37.3 Å². The molecule has 0 aliphatic carbocycles. The quantitative estimate of drug-likeness (QED) is 0.455. The number of hydrogen-bond donors (Lipinski definition) is 1. The number of carbonyl (C=O) groups is 2. The molecular formula is C18H18O6. The van der Waals surface area contributed by atoms with E-state index in [1.54, 1.807) is 30.3 Å². The second-order valence-corrected chi connectivity index (χ2v) is 4.76. The molecule has 24 heavy (non-hydrogen) atoms. The van der Waals surface area contributed by atoms with Crippen LogP contribution in [-0.2, 0) is 4.74 Å². The van der Waals surface area contributed by atoms with E-state index in [2.05, 4.69) is 0 Å². The van der Waals surface area contributed by atoms with Gasteiger partial charge in [-0.1, -0.05) is 18.2 Å². The van der Waals surface area contributed by atoms with Crippen LogP contribution in [0.4, 0.5) is 0 Å². The highest BCUT2D eigenvalue weighted by Gasteiger charge is 2.15. The van der Waals surface area contributed by atoms with Gasteiger partial charge >= 0.3 is 11.9 Å². The van der Waals surface area contributed by atoms with Crippen molar-refractivity contribution >= 4 is 11.9 Å². The summed E-state index contributed by atoms with van der Waals surface area (Å²) < 4.78 is 15.9. The van der Waals surface area contributed by atoms with E-state index in [1.807, 2.05) is 6.92 Å². The molecule has 0 fully saturated rings. The van der Waals surface area contributed by atoms with E-state index in [9.17, 15) is 9.59 Å². The summed E-state index contributed by atoms with van der Waals surface area (Å²) in [5.74, 6) is -1.31. The number of para-hydroxylation sites is 1.